The molecule has 0 amide bonds. The van der Waals surface area contributed by atoms with Crippen molar-refractivity contribution in [2.75, 3.05) is 0 Å². The van der Waals surface area contributed by atoms with Gasteiger partial charge >= 0.3 is 0 Å². The van der Waals surface area contributed by atoms with Crippen LogP contribution in [-0.2, 0) is 0 Å². The van der Waals surface area contributed by atoms with Gasteiger partial charge in [-0.2, -0.15) is 0 Å². The molecule has 0 aromatic rings. The molecule has 0 aliphatic carbocycles. The first-order valence-corrected chi connectivity index (χ1v) is 5.77. The van der Waals surface area contributed by atoms with Crippen LogP contribution in [0.25, 0.3) is 0 Å². The first kappa shape index (κ1) is 11.5. The summed E-state index contributed by atoms with van der Waals surface area (Å²) in [5.74, 6) is 0. The molecule has 11 heavy (non-hydrogen) atoms. The highest BCUT2D eigenvalue weighted by Crippen LogP contribution is 2.11. The van der Waals surface area contributed by atoms with Crippen LogP contribution in [0.5, 0.6) is 0 Å². The average molecular weight is 266 g/mol. The quantitative estimate of drug-likeness (QED) is 0.290. The van der Waals surface area contributed by atoms with Crippen LogP contribution in [0.15, 0.2) is 12.2 Å². The summed E-state index contributed by atoms with van der Waals surface area (Å²) in [6, 6.07) is 0. The Bertz CT molecular complexity index is 95.0. The lowest BCUT2D eigenvalue weighted by Gasteiger charge is -2.00. The Morgan fingerprint density at radius 2 is 2.00 bits per heavy atom. The monoisotopic (exact) mass is 266 g/mol. The van der Waals surface area contributed by atoms with E-state index in [0.717, 1.165) is 3.92 Å². The molecule has 0 saturated carbocycles. The second-order valence-corrected chi connectivity index (χ2v) is 5.11. The van der Waals surface area contributed by atoms with Crippen LogP contribution in [0, 0.1) is 0 Å². The van der Waals surface area contributed by atoms with E-state index in [1.165, 1.54) is 32.1 Å². The van der Waals surface area contributed by atoms with Gasteiger partial charge in [0.05, 0.1) is 0 Å². The lowest BCUT2D eigenvalue weighted by atomic mass is 10.1. The Balaban J connectivity index is 2.91. The third-order valence-corrected chi connectivity index (χ3v) is 2.33. The average Bonchev–Trinajstić information content (AvgIpc) is 1.96. The molecule has 0 heterocycles. The topological polar surface area (TPSA) is 0 Å². The number of hydrogen-bond donors (Lipinski definition) is 0. The normalized spacial score (nSPS) is 14.1. The molecule has 1 unspecified atom stereocenters. The van der Waals surface area contributed by atoms with Gasteiger partial charge in [0.25, 0.3) is 0 Å². The minimum atomic E-state index is 0.856. The fourth-order valence-electron chi connectivity index (χ4n) is 1.03. The van der Waals surface area contributed by atoms with Crippen LogP contribution in [0.3, 0.4) is 0 Å². The number of unbranched alkanes of at least 4 members (excludes halogenated alkanes) is 3. The van der Waals surface area contributed by atoms with Gasteiger partial charge in [0.2, 0.25) is 0 Å². The molecule has 66 valence electrons. The molecule has 0 aliphatic rings. The number of halogens is 1. The van der Waals surface area contributed by atoms with Gasteiger partial charge in [0.15, 0.2) is 0 Å². The fraction of sp³-hybridized carbons (Fsp3) is 0.800. The zero-order valence-electron chi connectivity index (χ0n) is 7.65. The highest BCUT2D eigenvalue weighted by molar-refractivity contribution is 14.1. The van der Waals surface area contributed by atoms with Crippen molar-refractivity contribution >= 4 is 22.6 Å². The predicted molar refractivity (Wildman–Crippen MR) is 61.4 cm³/mol. The molecule has 0 bridgehead atoms. The largest absolute Gasteiger partial charge is 0.0917 e. The molecule has 0 rings (SSSR count). The molecule has 0 aromatic heterocycles. The molecular formula is C10H19I. The van der Waals surface area contributed by atoms with Gasteiger partial charge < -0.3 is 0 Å². The molecular weight excluding hydrogens is 247 g/mol. The second-order valence-electron chi connectivity index (χ2n) is 2.99. The molecule has 0 N–H and O–H groups in total. The molecule has 0 spiro atoms. The smallest absolute Gasteiger partial charge is 0.00813 e. The lowest BCUT2D eigenvalue weighted by Crippen LogP contribution is -1.88. The minimum Gasteiger partial charge on any atom is -0.0917 e. The van der Waals surface area contributed by atoms with Gasteiger partial charge in [-0.1, -0.05) is 54.5 Å². The van der Waals surface area contributed by atoms with E-state index in [1.54, 1.807) is 0 Å². The number of allylic oxidation sites excluding steroid dienone is 2. The van der Waals surface area contributed by atoms with Crippen LogP contribution >= 0.6 is 22.6 Å². The van der Waals surface area contributed by atoms with Crippen molar-refractivity contribution in [2.45, 2.75) is 49.9 Å². The minimum absolute atomic E-state index is 0.856. The summed E-state index contributed by atoms with van der Waals surface area (Å²) in [4.78, 5) is 0. The summed E-state index contributed by atoms with van der Waals surface area (Å²) in [6.07, 6.45) is 11.2. The molecule has 1 heteroatoms. The van der Waals surface area contributed by atoms with Crippen molar-refractivity contribution in [1.29, 1.82) is 0 Å². The number of alkyl halides is 1. The third kappa shape index (κ3) is 10.5. The van der Waals surface area contributed by atoms with Gasteiger partial charge in [-0.15, -0.1) is 0 Å². The van der Waals surface area contributed by atoms with Crippen molar-refractivity contribution in [1.82, 2.24) is 0 Å². The predicted octanol–water partition coefficient (Wildman–Crippen LogP) is 4.34. The summed E-state index contributed by atoms with van der Waals surface area (Å²) >= 11 is 2.50. The zero-order valence-corrected chi connectivity index (χ0v) is 9.80. The summed E-state index contributed by atoms with van der Waals surface area (Å²) in [5.41, 5.74) is 0. The molecule has 0 aliphatic heterocycles. The summed E-state index contributed by atoms with van der Waals surface area (Å²) in [7, 11) is 0. The van der Waals surface area contributed by atoms with Crippen molar-refractivity contribution in [3.63, 3.8) is 0 Å². The van der Waals surface area contributed by atoms with Crippen molar-refractivity contribution in [2.24, 2.45) is 0 Å². The van der Waals surface area contributed by atoms with Crippen LogP contribution < -0.4 is 0 Å². The first-order valence-electron chi connectivity index (χ1n) is 4.52. The van der Waals surface area contributed by atoms with Crippen molar-refractivity contribution in [3.8, 4) is 0 Å². The van der Waals surface area contributed by atoms with Crippen molar-refractivity contribution in [3.05, 3.63) is 12.2 Å². The molecule has 0 fully saturated rings. The molecule has 0 saturated heterocycles. The van der Waals surface area contributed by atoms with Gasteiger partial charge in [0, 0.05) is 3.92 Å². The molecule has 1 atom stereocenters. The standard InChI is InChI=1S/C10H19I/c1-3-4-5-6-7-8-9-10(2)11/h3-4,10H,5-9H2,1-2H3. The highest BCUT2D eigenvalue weighted by Gasteiger charge is 1.93. The Hall–Kier alpha value is 0.470. The summed E-state index contributed by atoms with van der Waals surface area (Å²) in [6.45, 7) is 4.37. The summed E-state index contributed by atoms with van der Waals surface area (Å²) in [5, 5.41) is 0. The Morgan fingerprint density at radius 3 is 2.55 bits per heavy atom. The van der Waals surface area contributed by atoms with E-state index in [-0.39, 0.29) is 0 Å². The zero-order chi connectivity index (χ0) is 8.53. The third-order valence-electron chi connectivity index (χ3n) is 1.71. The molecule has 0 radical (unpaired) electrons. The van der Waals surface area contributed by atoms with E-state index >= 15 is 0 Å². The maximum Gasteiger partial charge on any atom is 0.00813 e. The van der Waals surface area contributed by atoms with Crippen LogP contribution in [0.1, 0.15) is 46.0 Å². The van der Waals surface area contributed by atoms with E-state index in [4.69, 9.17) is 0 Å². The maximum absolute atomic E-state index is 2.50. The van der Waals surface area contributed by atoms with Gasteiger partial charge in [-0.3, -0.25) is 0 Å². The Labute approximate surface area is 84.6 Å². The van der Waals surface area contributed by atoms with Crippen LogP contribution in [0.2, 0.25) is 0 Å². The van der Waals surface area contributed by atoms with Crippen molar-refractivity contribution < 1.29 is 0 Å². The van der Waals surface area contributed by atoms with E-state index in [9.17, 15) is 0 Å². The lowest BCUT2D eigenvalue weighted by molar-refractivity contribution is 0.651. The fourth-order valence-corrected chi connectivity index (χ4v) is 1.47. The Kier molecular flexibility index (Phi) is 8.93. The highest BCUT2D eigenvalue weighted by atomic mass is 127. The van der Waals surface area contributed by atoms with Gasteiger partial charge in [-0.25, -0.2) is 0 Å². The number of rotatable bonds is 6. The summed E-state index contributed by atoms with van der Waals surface area (Å²) < 4.78 is 0.856. The SMILES string of the molecule is CC=CCCCCCC(C)I. The maximum atomic E-state index is 2.50. The molecule has 0 nitrogen and oxygen atoms in total. The number of hydrogen-bond acceptors (Lipinski definition) is 0. The van der Waals surface area contributed by atoms with E-state index in [0.29, 0.717) is 0 Å². The van der Waals surface area contributed by atoms with Crippen LogP contribution in [0.4, 0.5) is 0 Å². The second kappa shape index (κ2) is 8.57. The van der Waals surface area contributed by atoms with Crippen LogP contribution in [-0.4, -0.2) is 3.92 Å². The van der Waals surface area contributed by atoms with Gasteiger partial charge in [-0.05, 0) is 26.2 Å². The van der Waals surface area contributed by atoms with E-state index < -0.39 is 0 Å². The Morgan fingerprint density at radius 1 is 1.27 bits per heavy atom. The van der Waals surface area contributed by atoms with E-state index in [2.05, 4.69) is 48.6 Å². The first-order chi connectivity index (χ1) is 5.27. The van der Waals surface area contributed by atoms with Gasteiger partial charge in [0.1, 0.15) is 0 Å². The van der Waals surface area contributed by atoms with E-state index in [1.807, 2.05) is 0 Å². The molecule has 0 aromatic carbocycles.